The van der Waals surface area contributed by atoms with Crippen LogP contribution in [-0.2, 0) is 11.3 Å². The number of anilines is 1. The minimum absolute atomic E-state index is 0.0146. The number of Topliss-reactive ketones (excluding diaryl/α,β-unsaturated/α-hetero) is 1. The van der Waals surface area contributed by atoms with E-state index in [4.69, 9.17) is 11.6 Å². The van der Waals surface area contributed by atoms with E-state index >= 15 is 0 Å². The Kier molecular flexibility index (Phi) is 2.94. The molecule has 1 aliphatic rings. The Morgan fingerprint density at radius 2 is 1.95 bits per heavy atom. The minimum atomic E-state index is -0.776. The van der Waals surface area contributed by atoms with Gasteiger partial charge in [-0.3, -0.25) is 14.5 Å². The molecule has 0 atom stereocenters. The number of nitrogens with zero attached hydrogens (tertiary/aromatic N) is 3. The van der Waals surface area contributed by atoms with Crippen LogP contribution in [0.1, 0.15) is 16.1 Å². The van der Waals surface area contributed by atoms with E-state index < -0.39 is 17.5 Å². The van der Waals surface area contributed by atoms with E-state index in [1.165, 1.54) is 24.3 Å². The molecule has 1 amide bonds. The minimum Gasteiger partial charge on any atom is -0.296 e. The van der Waals surface area contributed by atoms with E-state index in [1.807, 2.05) is 0 Å². The number of amides is 1. The van der Waals surface area contributed by atoms with Gasteiger partial charge in [-0.25, -0.2) is 4.39 Å². The molecule has 3 rings (SSSR count). The first-order valence-corrected chi connectivity index (χ1v) is 6.08. The third-order valence-electron chi connectivity index (χ3n) is 2.95. The van der Waals surface area contributed by atoms with Gasteiger partial charge in [0.2, 0.25) is 0 Å². The molecule has 2 heterocycles. The molecule has 1 aromatic heterocycles. The number of rotatable bonds is 2. The molecule has 0 N–H and O–H groups in total. The molecule has 1 aliphatic heterocycles. The number of aromatic nitrogens is 2. The van der Waals surface area contributed by atoms with Crippen molar-refractivity contribution in [1.82, 2.24) is 10.2 Å². The van der Waals surface area contributed by atoms with Gasteiger partial charge in [0.1, 0.15) is 5.82 Å². The molecule has 5 nitrogen and oxygen atoms in total. The van der Waals surface area contributed by atoms with Gasteiger partial charge in [0, 0.05) is 0 Å². The van der Waals surface area contributed by atoms with Crippen LogP contribution in [0.4, 0.5) is 10.1 Å². The number of carbonyl (C=O) groups excluding carboxylic acids is 2. The predicted molar refractivity (Wildman–Crippen MR) is 69.0 cm³/mol. The summed E-state index contributed by atoms with van der Waals surface area (Å²) in [5.41, 5.74) is 0.461. The van der Waals surface area contributed by atoms with Gasteiger partial charge in [-0.2, -0.15) is 5.10 Å². The number of para-hydroxylation sites is 1. The third kappa shape index (κ3) is 1.94. The van der Waals surface area contributed by atoms with Gasteiger partial charge in [-0.05, 0) is 24.3 Å². The van der Waals surface area contributed by atoms with Gasteiger partial charge in [0.15, 0.2) is 5.15 Å². The molecule has 0 bridgehead atoms. The SMILES string of the molecule is O=C1C(=O)N(Cc2ccc(Cl)nn2)c2c(F)cccc21. The second kappa shape index (κ2) is 4.64. The fourth-order valence-corrected chi connectivity index (χ4v) is 2.15. The summed E-state index contributed by atoms with van der Waals surface area (Å²) >= 11 is 5.62. The van der Waals surface area contributed by atoms with Crippen molar-refractivity contribution < 1.29 is 14.0 Å². The Hall–Kier alpha value is -2.34. The molecule has 100 valence electrons. The molecule has 20 heavy (non-hydrogen) atoms. The number of benzene rings is 1. The van der Waals surface area contributed by atoms with Crippen LogP contribution >= 0.6 is 11.6 Å². The average molecular weight is 292 g/mol. The Morgan fingerprint density at radius 3 is 2.65 bits per heavy atom. The maximum absolute atomic E-state index is 13.9. The maximum Gasteiger partial charge on any atom is 0.299 e. The second-order valence-electron chi connectivity index (χ2n) is 4.20. The van der Waals surface area contributed by atoms with Crippen LogP contribution in [0.15, 0.2) is 30.3 Å². The fraction of sp³-hybridized carbons (Fsp3) is 0.0769. The highest BCUT2D eigenvalue weighted by Gasteiger charge is 2.38. The fourth-order valence-electron chi connectivity index (χ4n) is 2.05. The van der Waals surface area contributed by atoms with Crippen molar-refractivity contribution in [2.24, 2.45) is 0 Å². The highest BCUT2D eigenvalue weighted by atomic mass is 35.5. The van der Waals surface area contributed by atoms with Crippen molar-refractivity contribution in [3.8, 4) is 0 Å². The molecule has 0 saturated carbocycles. The summed E-state index contributed by atoms with van der Waals surface area (Å²) in [5.74, 6) is -2.12. The lowest BCUT2D eigenvalue weighted by atomic mass is 10.1. The largest absolute Gasteiger partial charge is 0.299 e. The lowest BCUT2D eigenvalue weighted by Crippen LogP contribution is -2.30. The van der Waals surface area contributed by atoms with E-state index in [-0.39, 0.29) is 22.9 Å². The molecule has 0 radical (unpaired) electrons. The van der Waals surface area contributed by atoms with E-state index in [1.54, 1.807) is 6.07 Å². The Bertz CT molecular complexity index is 718. The molecule has 0 aliphatic carbocycles. The first kappa shape index (κ1) is 12.7. The van der Waals surface area contributed by atoms with Crippen LogP contribution in [0.3, 0.4) is 0 Å². The molecular formula is C13H7ClFN3O2. The first-order chi connectivity index (χ1) is 9.58. The van der Waals surface area contributed by atoms with Crippen molar-refractivity contribution in [3.05, 3.63) is 52.6 Å². The quantitative estimate of drug-likeness (QED) is 0.794. The van der Waals surface area contributed by atoms with Gasteiger partial charge >= 0.3 is 0 Å². The van der Waals surface area contributed by atoms with Crippen molar-refractivity contribution in [2.75, 3.05) is 4.90 Å². The zero-order chi connectivity index (χ0) is 14.3. The number of halogens is 2. The van der Waals surface area contributed by atoms with Gasteiger partial charge in [0.05, 0.1) is 23.5 Å². The standard InChI is InChI=1S/C13H7ClFN3O2/c14-10-5-4-7(16-17-10)6-18-11-8(12(19)13(18)20)2-1-3-9(11)15/h1-5H,6H2. The van der Waals surface area contributed by atoms with Crippen LogP contribution in [0.5, 0.6) is 0 Å². The summed E-state index contributed by atoms with van der Waals surface area (Å²) in [6.07, 6.45) is 0. The van der Waals surface area contributed by atoms with Crippen LogP contribution in [0.2, 0.25) is 5.15 Å². The van der Waals surface area contributed by atoms with Gasteiger partial charge in [-0.15, -0.1) is 5.10 Å². The third-order valence-corrected chi connectivity index (χ3v) is 3.15. The first-order valence-electron chi connectivity index (χ1n) is 5.71. The summed E-state index contributed by atoms with van der Waals surface area (Å²) in [4.78, 5) is 24.8. The van der Waals surface area contributed by atoms with Crippen molar-refractivity contribution in [3.63, 3.8) is 0 Å². The van der Waals surface area contributed by atoms with E-state index in [0.29, 0.717) is 5.69 Å². The zero-order valence-electron chi connectivity index (χ0n) is 10.0. The van der Waals surface area contributed by atoms with E-state index in [0.717, 1.165) is 4.90 Å². The summed E-state index contributed by atoms with van der Waals surface area (Å²) in [7, 11) is 0. The van der Waals surface area contributed by atoms with Crippen LogP contribution in [-0.4, -0.2) is 21.9 Å². The molecule has 7 heteroatoms. The Labute approximate surface area is 118 Å². The molecule has 0 unspecified atom stereocenters. The van der Waals surface area contributed by atoms with Crippen molar-refractivity contribution in [2.45, 2.75) is 6.54 Å². The predicted octanol–water partition coefficient (Wildman–Crippen LogP) is 2.00. The molecule has 0 spiro atoms. The second-order valence-corrected chi connectivity index (χ2v) is 4.59. The van der Waals surface area contributed by atoms with Crippen molar-refractivity contribution >= 4 is 29.0 Å². The van der Waals surface area contributed by atoms with E-state index in [9.17, 15) is 14.0 Å². The summed E-state index contributed by atoms with van der Waals surface area (Å²) in [6.45, 7) is -0.0390. The van der Waals surface area contributed by atoms with Crippen LogP contribution in [0, 0.1) is 5.82 Å². The maximum atomic E-state index is 13.9. The number of ketones is 1. The zero-order valence-corrected chi connectivity index (χ0v) is 10.8. The number of fused-ring (bicyclic) bond motifs is 1. The van der Waals surface area contributed by atoms with Crippen molar-refractivity contribution in [1.29, 1.82) is 0 Å². The summed E-state index contributed by atoms with van der Waals surface area (Å²) in [6, 6.07) is 7.09. The van der Waals surface area contributed by atoms with Crippen LogP contribution in [0.25, 0.3) is 0 Å². The highest BCUT2D eigenvalue weighted by molar-refractivity contribution is 6.52. The molecule has 0 fully saturated rings. The monoisotopic (exact) mass is 291 g/mol. The normalized spacial score (nSPS) is 13.8. The number of hydrogen-bond acceptors (Lipinski definition) is 4. The van der Waals surface area contributed by atoms with Crippen LogP contribution < -0.4 is 4.90 Å². The van der Waals surface area contributed by atoms with Gasteiger partial charge in [-0.1, -0.05) is 17.7 Å². The Balaban J connectivity index is 2.01. The summed E-state index contributed by atoms with van der Waals surface area (Å²) < 4.78 is 13.9. The van der Waals surface area contributed by atoms with Gasteiger partial charge in [0.25, 0.3) is 11.7 Å². The molecule has 2 aromatic rings. The topological polar surface area (TPSA) is 63.2 Å². The molecule has 1 aromatic carbocycles. The number of hydrogen-bond donors (Lipinski definition) is 0. The lowest BCUT2D eigenvalue weighted by Gasteiger charge is -2.16. The van der Waals surface area contributed by atoms with E-state index in [2.05, 4.69) is 10.2 Å². The number of carbonyl (C=O) groups is 2. The molecular weight excluding hydrogens is 285 g/mol. The Morgan fingerprint density at radius 1 is 1.15 bits per heavy atom. The smallest absolute Gasteiger partial charge is 0.296 e. The summed E-state index contributed by atoms with van der Waals surface area (Å²) in [5, 5.41) is 7.65. The average Bonchev–Trinajstić information content (AvgIpc) is 2.68. The molecule has 0 saturated heterocycles. The highest BCUT2D eigenvalue weighted by Crippen LogP contribution is 2.32. The lowest BCUT2D eigenvalue weighted by molar-refractivity contribution is -0.114. The van der Waals surface area contributed by atoms with Gasteiger partial charge < -0.3 is 0 Å².